The summed E-state index contributed by atoms with van der Waals surface area (Å²) in [4.78, 5) is 22.7. The van der Waals surface area contributed by atoms with Crippen molar-refractivity contribution < 1.29 is 24.2 Å². The highest BCUT2D eigenvalue weighted by Gasteiger charge is 2.33. The number of ether oxygens (including phenoxy) is 2. The van der Waals surface area contributed by atoms with Gasteiger partial charge in [-0.1, -0.05) is 6.42 Å². The molecular formula is C12H22N2O5. The third-order valence-corrected chi connectivity index (χ3v) is 3.33. The van der Waals surface area contributed by atoms with Gasteiger partial charge in [0.2, 0.25) is 0 Å². The van der Waals surface area contributed by atoms with Crippen molar-refractivity contribution in [3.05, 3.63) is 0 Å². The highest BCUT2D eigenvalue weighted by molar-refractivity contribution is 5.77. The molecule has 0 spiro atoms. The van der Waals surface area contributed by atoms with E-state index in [4.69, 9.17) is 14.6 Å². The van der Waals surface area contributed by atoms with Gasteiger partial charge in [0.15, 0.2) is 0 Å². The van der Waals surface area contributed by atoms with Crippen molar-refractivity contribution >= 4 is 12.0 Å². The number of aliphatic carboxylic acids is 1. The molecule has 1 saturated carbocycles. The maximum absolute atomic E-state index is 11.7. The average molecular weight is 274 g/mol. The van der Waals surface area contributed by atoms with Crippen molar-refractivity contribution in [2.24, 2.45) is 5.92 Å². The lowest BCUT2D eigenvalue weighted by atomic mass is 10.0. The number of carbonyl (C=O) groups is 2. The van der Waals surface area contributed by atoms with Crippen LogP contribution in [0.15, 0.2) is 0 Å². The van der Waals surface area contributed by atoms with E-state index in [0.717, 1.165) is 6.42 Å². The van der Waals surface area contributed by atoms with Gasteiger partial charge in [-0.2, -0.15) is 0 Å². The summed E-state index contributed by atoms with van der Waals surface area (Å²) in [6, 6.07) is -0.655. The molecule has 1 aliphatic rings. The summed E-state index contributed by atoms with van der Waals surface area (Å²) in [5.41, 5.74) is 0. The molecule has 3 atom stereocenters. The molecule has 2 amide bonds. The first-order valence-electron chi connectivity index (χ1n) is 6.37. The smallest absolute Gasteiger partial charge is 0.315 e. The molecule has 1 rings (SSSR count). The number of carboxylic acid groups (broad SMARTS) is 1. The van der Waals surface area contributed by atoms with Crippen LogP contribution in [0.1, 0.15) is 19.3 Å². The van der Waals surface area contributed by atoms with Gasteiger partial charge in [-0.05, 0) is 12.8 Å². The summed E-state index contributed by atoms with van der Waals surface area (Å²) in [5, 5.41) is 14.4. The summed E-state index contributed by atoms with van der Waals surface area (Å²) in [5.74, 6) is -1.33. The first kappa shape index (κ1) is 15.7. The van der Waals surface area contributed by atoms with E-state index in [2.05, 4.69) is 10.6 Å². The Hall–Kier alpha value is -1.34. The van der Waals surface area contributed by atoms with E-state index in [-0.39, 0.29) is 18.2 Å². The van der Waals surface area contributed by atoms with Crippen LogP contribution in [0, 0.1) is 5.92 Å². The predicted molar refractivity (Wildman–Crippen MR) is 68.0 cm³/mol. The summed E-state index contributed by atoms with van der Waals surface area (Å²) in [7, 11) is 3.10. The van der Waals surface area contributed by atoms with Crippen LogP contribution in [0.25, 0.3) is 0 Å². The minimum Gasteiger partial charge on any atom is -0.481 e. The molecule has 7 nitrogen and oxygen atoms in total. The number of methoxy groups -OCH3 is 2. The second kappa shape index (κ2) is 7.96. The number of amides is 2. The molecule has 0 aromatic carbocycles. The van der Waals surface area contributed by atoms with Gasteiger partial charge in [0.05, 0.1) is 18.6 Å². The Labute approximate surface area is 112 Å². The van der Waals surface area contributed by atoms with E-state index in [0.29, 0.717) is 26.0 Å². The van der Waals surface area contributed by atoms with Crippen LogP contribution in [0.5, 0.6) is 0 Å². The van der Waals surface area contributed by atoms with Crippen LogP contribution in [-0.2, 0) is 14.3 Å². The Bertz CT molecular complexity index is 310. The van der Waals surface area contributed by atoms with Gasteiger partial charge in [0, 0.05) is 26.8 Å². The maximum Gasteiger partial charge on any atom is 0.315 e. The van der Waals surface area contributed by atoms with Crippen molar-refractivity contribution in [2.75, 3.05) is 27.4 Å². The molecule has 0 aromatic heterocycles. The lowest BCUT2D eigenvalue weighted by Crippen LogP contribution is -2.47. The quantitative estimate of drug-likeness (QED) is 0.616. The van der Waals surface area contributed by atoms with Crippen molar-refractivity contribution in [1.82, 2.24) is 10.6 Å². The summed E-state index contributed by atoms with van der Waals surface area (Å²) >= 11 is 0. The third kappa shape index (κ3) is 5.04. The molecule has 1 aliphatic carbocycles. The van der Waals surface area contributed by atoms with E-state index < -0.39 is 11.9 Å². The summed E-state index contributed by atoms with van der Waals surface area (Å²) < 4.78 is 10.0. The zero-order chi connectivity index (χ0) is 14.3. The van der Waals surface area contributed by atoms with Crippen LogP contribution in [-0.4, -0.2) is 56.6 Å². The van der Waals surface area contributed by atoms with Crippen LogP contribution in [0.2, 0.25) is 0 Å². The van der Waals surface area contributed by atoms with Crippen molar-refractivity contribution in [2.45, 2.75) is 31.4 Å². The third-order valence-electron chi connectivity index (χ3n) is 3.33. The molecule has 3 unspecified atom stereocenters. The van der Waals surface area contributed by atoms with Crippen molar-refractivity contribution in [3.8, 4) is 0 Å². The molecule has 7 heteroatoms. The molecule has 0 heterocycles. The number of nitrogens with one attached hydrogen (secondary N) is 2. The average Bonchev–Trinajstić information content (AvgIpc) is 2.82. The fourth-order valence-corrected chi connectivity index (χ4v) is 2.25. The van der Waals surface area contributed by atoms with Gasteiger partial charge in [0.1, 0.15) is 0 Å². The van der Waals surface area contributed by atoms with E-state index in [1.807, 2.05) is 0 Å². The van der Waals surface area contributed by atoms with Gasteiger partial charge >= 0.3 is 12.0 Å². The molecule has 0 saturated heterocycles. The standard InChI is InChI=1S/C12H22N2O5/c1-18-7-8(19-2)6-13-12(17)14-10-5-3-4-9(10)11(15)16/h8-10H,3-7H2,1-2H3,(H,15,16)(H2,13,14,17). The maximum atomic E-state index is 11.7. The fourth-order valence-electron chi connectivity index (χ4n) is 2.25. The van der Waals surface area contributed by atoms with E-state index in [1.54, 1.807) is 14.2 Å². The first-order valence-corrected chi connectivity index (χ1v) is 6.37. The molecule has 0 bridgehead atoms. The zero-order valence-corrected chi connectivity index (χ0v) is 11.3. The van der Waals surface area contributed by atoms with Crippen LogP contribution < -0.4 is 10.6 Å². The Morgan fingerprint density at radius 1 is 1.37 bits per heavy atom. The van der Waals surface area contributed by atoms with Gasteiger partial charge in [-0.3, -0.25) is 4.79 Å². The minimum atomic E-state index is -0.850. The minimum absolute atomic E-state index is 0.213. The van der Waals surface area contributed by atoms with Gasteiger partial charge < -0.3 is 25.2 Å². The van der Waals surface area contributed by atoms with Crippen LogP contribution >= 0.6 is 0 Å². The molecule has 0 aliphatic heterocycles. The number of rotatable bonds is 7. The zero-order valence-electron chi connectivity index (χ0n) is 11.3. The Morgan fingerprint density at radius 3 is 2.68 bits per heavy atom. The summed E-state index contributed by atoms with van der Waals surface area (Å²) in [6.45, 7) is 0.707. The number of hydrogen-bond donors (Lipinski definition) is 3. The van der Waals surface area contributed by atoms with E-state index in [1.165, 1.54) is 0 Å². The van der Waals surface area contributed by atoms with Crippen LogP contribution in [0.4, 0.5) is 4.79 Å². The lowest BCUT2D eigenvalue weighted by molar-refractivity contribution is -0.142. The Kier molecular flexibility index (Phi) is 6.58. The molecule has 0 radical (unpaired) electrons. The fraction of sp³-hybridized carbons (Fsp3) is 0.833. The van der Waals surface area contributed by atoms with E-state index in [9.17, 15) is 9.59 Å². The second-order valence-electron chi connectivity index (χ2n) is 4.65. The van der Waals surface area contributed by atoms with Gasteiger partial charge in [-0.15, -0.1) is 0 Å². The highest BCUT2D eigenvalue weighted by atomic mass is 16.5. The number of hydrogen-bond acceptors (Lipinski definition) is 4. The van der Waals surface area contributed by atoms with Crippen molar-refractivity contribution in [1.29, 1.82) is 0 Å². The highest BCUT2D eigenvalue weighted by Crippen LogP contribution is 2.25. The van der Waals surface area contributed by atoms with E-state index >= 15 is 0 Å². The molecule has 19 heavy (non-hydrogen) atoms. The number of carbonyl (C=O) groups excluding carboxylic acids is 1. The normalized spacial score (nSPS) is 23.9. The SMILES string of the molecule is COCC(CNC(=O)NC1CCCC1C(=O)O)OC. The lowest BCUT2D eigenvalue weighted by Gasteiger charge is -2.19. The van der Waals surface area contributed by atoms with Gasteiger partial charge in [-0.25, -0.2) is 4.79 Å². The molecular weight excluding hydrogens is 252 g/mol. The van der Waals surface area contributed by atoms with Crippen LogP contribution in [0.3, 0.4) is 0 Å². The second-order valence-corrected chi connectivity index (χ2v) is 4.65. The number of urea groups is 1. The van der Waals surface area contributed by atoms with Gasteiger partial charge in [0.25, 0.3) is 0 Å². The Morgan fingerprint density at radius 2 is 2.11 bits per heavy atom. The molecule has 0 aromatic rings. The largest absolute Gasteiger partial charge is 0.481 e. The molecule has 1 fully saturated rings. The first-order chi connectivity index (χ1) is 9.08. The summed E-state index contributed by atoms with van der Waals surface area (Å²) in [6.07, 6.45) is 1.93. The molecule has 110 valence electrons. The predicted octanol–water partition coefficient (Wildman–Crippen LogP) is 0.200. The topological polar surface area (TPSA) is 96.9 Å². The monoisotopic (exact) mass is 274 g/mol. The number of carboxylic acids is 1. The molecule has 3 N–H and O–H groups in total. The van der Waals surface area contributed by atoms with Crippen molar-refractivity contribution in [3.63, 3.8) is 0 Å². The Balaban J connectivity index is 2.32.